The normalized spacial score (nSPS) is 18.1. The fraction of sp³-hybridized carbons (Fsp3) is 0.200. The van der Waals surface area contributed by atoms with Crippen LogP contribution in [0.15, 0.2) is 83.9 Å². The minimum atomic E-state index is -0.244. The van der Waals surface area contributed by atoms with Crippen LogP contribution < -0.4 is 10.2 Å². The number of fused-ring (bicyclic) bond motifs is 5. The predicted octanol–water partition coefficient (Wildman–Crippen LogP) is 3.96. The van der Waals surface area contributed by atoms with E-state index in [4.69, 9.17) is 9.98 Å². The molecule has 0 bridgehead atoms. The first-order valence-electron chi connectivity index (χ1n) is 10.8. The first-order valence-corrected chi connectivity index (χ1v) is 10.8. The Bertz CT molecular complexity index is 1280. The van der Waals surface area contributed by atoms with Gasteiger partial charge >= 0.3 is 0 Å². The fourth-order valence-corrected chi connectivity index (χ4v) is 4.46. The summed E-state index contributed by atoms with van der Waals surface area (Å²) in [6.45, 7) is 2.25. The van der Waals surface area contributed by atoms with Gasteiger partial charge in [0.2, 0.25) is 11.9 Å². The zero-order valence-electron chi connectivity index (χ0n) is 17.5. The maximum Gasteiger partial charge on any atom is 0.216 e. The number of imidazole rings is 1. The van der Waals surface area contributed by atoms with Crippen LogP contribution in [0, 0.1) is 5.82 Å². The van der Waals surface area contributed by atoms with Crippen LogP contribution in [0.4, 0.5) is 10.3 Å². The van der Waals surface area contributed by atoms with E-state index in [1.807, 2.05) is 36.4 Å². The van der Waals surface area contributed by atoms with Gasteiger partial charge in [-0.15, -0.1) is 0 Å². The Morgan fingerprint density at radius 2 is 1.72 bits per heavy atom. The van der Waals surface area contributed by atoms with Crippen LogP contribution in [0.3, 0.4) is 0 Å². The van der Waals surface area contributed by atoms with Crippen LogP contribution in [0.25, 0.3) is 11.0 Å². The number of hydrogen-bond acceptors (Lipinski definition) is 5. The number of benzene rings is 3. The van der Waals surface area contributed by atoms with Crippen LogP contribution in [0.1, 0.15) is 17.3 Å². The number of halogens is 1. The third-order valence-corrected chi connectivity index (χ3v) is 6.11. The molecule has 6 nitrogen and oxygen atoms in total. The molecule has 0 amide bonds. The van der Waals surface area contributed by atoms with Gasteiger partial charge in [-0.2, -0.15) is 0 Å². The van der Waals surface area contributed by atoms with E-state index in [2.05, 4.69) is 50.0 Å². The van der Waals surface area contributed by atoms with Crippen molar-refractivity contribution in [2.75, 3.05) is 24.8 Å². The summed E-state index contributed by atoms with van der Waals surface area (Å²) in [5.74, 6) is 1.41. The summed E-state index contributed by atoms with van der Waals surface area (Å²) in [4.78, 5) is 14.2. The molecule has 1 atom stereocenters. The Labute approximate surface area is 185 Å². The molecule has 0 aliphatic carbocycles. The van der Waals surface area contributed by atoms with E-state index in [0.717, 1.165) is 41.5 Å². The predicted molar refractivity (Wildman–Crippen MR) is 124 cm³/mol. The van der Waals surface area contributed by atoms with Crippen molar-refractivity contribution in [3.63, 3.8) is 0 Å². The standard InChI is InChI=1S/C25H23FN6/c26-20-12-10-19(11-13-20)23-29-24-27-16-30(15-14-18-6-2-1-3-7-18)17-31(24)25-28-21-8-4-5-9-22(21)32(23)25/h1-13,23H,14-17H2,(H,27,29). The van der Waals surface area contributed by atoms with Gasteiger partial charge in [-0.25, -0.2) is 14.4 Å². The van der Waals surface area contributed by atoms with Gasteiger partial charge in [-0.05, 0) is 41.8 Å². The average molecular weight is 426 g/mol. The van der Waals surface area contributed by atoms with E-state index in [0.29, 0.717) is 13.3 Å². The number of anilines is 1. The van der Waals surface area contributed by atoms with Crippen molar-refractivity contribution in [2.24, 2.45) is 4.99 Å². The molecule has 0 fully saturated rings. The lowest BCUT2D eigenvalue weighted by Gasteiger charge is -2.41. The van der Waals surface area contributed by atoms with Gasteiger partial charge in [0.25, 0.3) is 0 Å². The first-order chi connectivity index (χ1) is 15.8. The second-order valence-corrected chi connectivity index (χ2v) is 8.19. The molecular formula is C25H23FN6. The van der Waals surface area contributed by atoms with E-state index < -0.39 is 0 Å². The molecular weight excluding hydrogens is 403 g/mol. The highest BCUT2D eigenvalue weighted by molar-refractivity contribution is 5.98. The van der Waals surface area contributed by atoms with Crippen molar-refractivity contribution in [2.45, 2.75) is 12.6 Å². The number of nitrogens with one attached hydrogen (secondary N) is 1. The second kappa shape index (κ2) is 7.76. The molecule has 0 spiro atoms. The first kappa shape index (κ1) is 19.0. The van der Waals surface area contributed by atoms with Crippen LogP contribution in [-0.2, 0) is 6.42 Å². The highest BCUT2D eigenvalue weighted by Gasteiger charge is 2.35. The van der Waals surface area contributed by atoms with Gasteiger partial charge in [0, 0.05) is 6.54 Å². The molecule has 160 valence electrons. The Morgan fingerprint density at radius 3 is 2.56 bits per heavy atom. The topological polar surface area (TPSA) is 48.7 Å². The Morgan fingerprint density at radius 1 is 0.938 bits per heavy atom. The number of guanidine groups is 1. The molecule has 4 aromatic rings. The molecule has 0 radical (unpaired) electrons. The second-order valence-electron chi connectivity index (χ2n) is 8.19. The molecule has 1 aromatic heterocycles. The number of para-hydroxylation sites is 2. The molecule has 0 saturated carbocycles. The Balaban J connectivity index is 1.35. The Hall–Kier alpha value is -3.71. The van der Waals surface area contributed by atoms with Gasteiger partial charge < -0.3 is 5.32 Å². The van der Waals surface area contributed by atoms with Crippen molar-refractivity contribution < 1.29 is 4.39 Å². The largest absolute Gasteiger partial charge is 0.331 e. The quantitative estimate of drug-likeness (QED) is 0.537. The van der Waals surface area contributed by atoms with Crippen molar-refractivity contribution >= 4 is 22.9 Å². The summed E-state index contributed by atoms with van der Waals surface area (Å²) in [6, 6.07) is 25.3. The van der Waals surface area contributed by atoms with E-state index in [1.54, 1.807) is 0 Å². The summed E-state index contributed by atoms with van der Waals surface area (Å²) in [6.07, 6.45) is 0.769. The van der Waals surface area contributed by atoms with E-state index in [1.165, 1.54) is 17.7 Å². The third kappa shape index (κ3) is 3.31. The number of aromatic nitrogens is 2. The lowest BCUT2D eigenvalue weighted by molar-refractivity contribution is 0.275. The van der Waals surface area contributed by atoms with Crippen LogP contribution in [-0.4, -0.2) is 40.3 Å². The minimum absolute atomic E-state index is 0.205. The van der Waals surface area contributed by atoms with Crippen LogP contribution in [0.5, 0.6) is 0 Å². The molecule has 0 saturated heterocycles. The maximum atomic E-state index is 13.6. The monoisotopic (exact) mass is 426 g/mol. The highest BCUT2D eigenvalue weighted by atomic mass is 19.1. The zero-order valence-corrected chi connectivity index (χ0v) is 17.5. The lowest BCUT2D eigenvalue weighted by atomic mass is 10.1. The van der Waals surface area contributed by atoms with E-state index in [9.17, 15) is 4.39 Å². The zero-order chi connectivity index (χ0) is 21.5. The smallest absolute Gasteiger partial charge is 0.216 e. The molecule has 1 unspecified atom stereocenters. The summed E-state index contributed by atoms with van der Waals surface area (Å²) >= 11 is 0. The number of aliphatic imine (C=N–C) groups is 1. The molecule has 2 aliphatic rings. The van der Waals surface area contributed by atoms with Crippen molar-refractivity contribution in [3.8, 4) is 0 Å². The van der Waals surface area contributed by atoms with Gasteiger partial charge in [-0.3, -0.25) is 14.4 Å². The molecule has 3 aromatic carbocycles. The third-order valence-electron chi connectivity index (χ3n) is 6.11. The molecule has 2 aliphatic heterocycles. The maximum absolute atomic E-state index is 13.6. The van der Waals surface area contributed by atoms with Crippen LogP contribution >= 0.6 is 0 Å². The van der Waals surface area contributed by atoms with Crippen LogP contribution in [0.2, 0.25) is 0 Å². The SMILES string of the molecule is Fc1ccc(C2NC3=NCN(CCc4ccccc4)CN3c3nc4ccccc4n32)cc1. The van der Waals surface area contributed by atoms with Crippen molar-refractivity contribution in [3.05, 3.63) is 95.8 Å². The number of nitrogens with zero attached hydrogens (tertiary/aromatic N) is 5. The fourth-order valence-electron chi connectivity index (χ4n) is 4.46. The van der Waals surface area contributed by atoms with E-state index in [-0.39, 0.29) is 12.0 Å². The van der Waals surface area contributed by atoms with Crippen molar-refractivity contribution in [1.29, 1.82) is 0 Å². The Kier molecular flexibility index (Phi) is 4.61. The molecule has 7 heteroatoms. The summed E-state index contributed by atoms with van der Waals surface area (Å²) < 4.78 is 15.8. The highest BCUT2D eigenvalue weighted by Crippen LogP contribution is 2.33. The van der Waals surface area contributed by atoms with Gasteiger partial charge in [0.05, 0.1) is 24.4 Å². The number of rotatable bonds is 4. The summed E-state index contributed by atoms with van der Waals surface area (Å²) in [7, 11) is 0. The molecule has 1 N–H and O–H groups in total. The van der Waals surface area contributed by atoms with Crippen molar-refractivity contribution in [1.82, 2.24) is 19.8 Å². The minimum Gasteiger partial charge on any atom is -0.331 e. The molecule has 32 heavy (non-hydrogen) atoms. The average Bonchev–Trinajstić information content (AvgIpc) is 3.23. The molecule has 3 heterocycles. The summed E-state index contributed by atoms with van der Waals surface area (Å²) in [5.41, 5.74) is 4.25. The lowest BCUT2D eigenvalue weighted by Crippen LogP contribution is -2.57. The number of hydrogen-bond donors (Lipinski definition) is 1. The van der Waals surface area contributed by atoms with E-state index >= 15 is 0 Å². The van der Waals surface area contributed by atoms with Gasteiger partial charge in [-0.1, -0.05) is 54.6 Å². The van der Waals surface area contributed by atoms with Gasteiger partial charge in [0.15, 0.2) is 0 Å². The molecule has 6 rings (SSSR count). The summed E-state index contributed by atoms with van der Waals surface area (Å²) in [5, 5.41) is 3.57. The van der Waals surface area contributed by atoms with Gasteiger partial charge in [0.1, 0.15) is 12.0 Å².